The van der Waals surface area contributed by atoms with Crippen molar-refractivity contribution < 1.29 is 4.74 Å². The molecule has 0 spiro atoms. The van der Waals surface area contributed by atoms with Gasteiger partial charge in [0.2, 0.25) is 0 Å². The molecule has 3 heteroatoms. The van der Waals surface area contributed by atoms with E-state index >= 15 is 0 Å². The molecule has 112 valence electrons. The van der Waals surface area contributed by atoms with E-state index in [0.29, 0.717) is 4.75 Å². The highest BCUT2D eigenvalue weighted by Gasteiger charge is 2.32. The highest BCUT2D eigenvalue weighted by Crippen LogP contribution is 2.39. The first-order valence-electron chi connectivity index (χ1n) is 7.66. The third kappa shape index (κ3) is 4.16. The zero-order valence-electron chi connectivity index (χ0n) is 12.9. The molecule has 2 rings (SSSR count). The predicted octanol–water partition coefficient (Wildman–Crippen LogP) is 4.24. The van der Waals surface area contributed by atoms with Gasteiger partial charge in [-0.15, -0.1) is 0 Å². The molecule has 20 heavy (non-hydrogen) atoms. The van der Waals surface area contributed by atoms with Gasteiger partial charge in [0, 0.05) is 23.4 Å². The Kier molecular flexibility index (Phi) is 5.79. The highest BCUT2D eigenvalue weighted by molar-refractivity contribution is 8.00. The number of ether oxygens (including phenoxy) is 1. The van der Waals surface area contributed by atoms with Gasteiger partial charge in [-0.1, -0.05) is 31.0 Å². The Hall–Kier alpha value is -0.670. The quantitative estimate of drug-likeness (QED) is 0.812. The van der Waals surface area contributed by atoms with E-state index < -0.39 is 0 Å². The van der Waals surface area contributed by atoms with Crippen LogP contribution in [0.15, 0.2) is 24.3 Å². The zero-order valence-corrected chi connectivity index (χ0v) is 13.8. The van der Waals surface area contributed by atoms with Crippen LogP contribution in [-0.4, -0.2) is 23.7 Å². The summed E-state index contributed by atoms with van der Waals surface area (Å²) in [5.74, 6) is 1.01. The lowest BCUT2D eigenvalue weighted by atomic mass is 10.1. The van der Waals surface area contributed by atoms with Crippen LogP contribution >= 0.6 is 11.8 Å². The zero-order chi connectivity index (χ0) is 14.4. The normalized spacial score (nSPS) is 17.6. The largest absolute Gasteiger partial charge is 0.491 e. The summed E-state index contributed by atoms with van der Waals surface area (Å²) in [6.45, 7) is 6.15. The van der Waals surface area contributed by atoms with Crippen molar-refractivity contribution in [3.05, 3.63) is 29.8 Å². The summed E-state index contributed by atoms with van der Waals surface area (Å²) in [5, 5.41) is 3.65. The van der Waals surface area contributed by atoms with E-state index in [1.807, 2.05) is 17.8 Å². The molecular formula is C17H27NOS. The molecule has 1 aliphatic carbocycles. The van der Waals surface area contributed by atoms with E-state index in [4.69, 9.17) is 4.74 Å². The summed E-state index contributed by atoms with van der Waals surface area (Å²) in [6, 6.07) is 8.35. The van der Waals surface area contributed by atoms with Crippen LogP contribution < -0.4 is 10.1 Å². The van der Waals surface area contributed by atoms with Crippen LogP contribution in [0.5, 0.6) is 5.75 Å². The molecule has 1 fully saturated rings. The van der Waals surface area contributed by atoms with Crippen molar-refractivity contribution in [3.63, 3.8) is 0 Å². The molecule has 1 aliphatic rings. The molecule has 0 atom stereocenters. The monoisotopic (exact) mass is 293 g/mol. The number of hydrogen-bond donors (Lipinski definition) is 1. The molecule has 2 nitrogen and oxygen atoms in total. The van der Waals surface area contributed by atoms with Gasteiger partial charge in [0.15, 0.2) is 0 Å². The van der Waals surface area contributed by atoms with Gasteiger partial charge in [-0.3, -0.25) is 0 Å². The number of thioether (sulfide) groups is 1. The molecule has 1 aromatic rings. The van der Waals surface area contributed by atoms with Crippen molar-refractivity contribution in [2.24, 2.45) is 0 Å². The fourth-order valence-corrected chi connectivity index (χ4v) is 3.86. The SMILES string of the molecule is CSC1(CNCc2ccccc2OC(C)C)CCCC1. The fraction of sp³-hybridized carbons (Fsp3) is 0.647. The fourth-order valence-electron chi connectivity index (χ4n) is 2.92. The van der Waals surface area contributed by atoms with Gasteiger partial charge in [-0.2, -0.15) is 11.8 Å². The minimum atomic E-state index is 0.225. The number of hydrogen-bond acceptors (Lipinski definition) is 3. The molecule has 0 bridgehead atoms. The number of para-hydroxylation sites is 1. The Morgan fingerprint density at radius 2 is 1.95 bits per heavy atom. The van der Waals surface area contributed by atoms with Crippen molar-refractivity contribution in [1.29, 1.82) is 0 Å². The highest BCUT2D eigenvalue weighted by atomic mass is 32.2. The lowest BCUT2D eigenvalue weighted by molar-refractivity contribution is 0.239. The lowest BCUT2D eigenvalue weighted by Gasteiger charge is -2.27. The van der Waals surface area contributed by atoms with E-state index in [-0.39, 0.29) is 6.10 Å². The molecule has 1 N–H and O–H groups in total. The number of nitrogens with one attached hydrogen (secondary N) is 1. The standard InChI is InChI=1S/C17H27NOS/c1-14(2)19-16-9-5-4-8-15(16)12-18-13-17(20-3)10-6-7-11-17/h4-5,8-9,14,18H,6-7,10-13H2,1-3H3. The maximum absolute atomic E-state index is 5.87. The van der Waals surface area contributed by atoms with Crippen molar-refractivity contribution in [2.75, 3.05) is 12.8 Å². The summed E-state index contributed by atoms with van der Waals surface area (Å²) in [4.78, 5) is 0. The first-order chi connectivity index (χ1) is 9.65. The maximum atomic E-state index is 5.87. The minimum absolute atomic E-state index is 0.225. The Balaban J connectivity index is 1.90. The second kappa shape index (κ2) is 7.37. The summed E-state index contributed by atoms with van der Waals surface area (Å²) >= 11 is 2.04. The van der Waals surface area contributed by atoms with Gasteiger partial charge in [0.25, 0.3) is 0 Å². The van der Waals surface area contributed by atoms with Crippen LogP contribution in [0.25, 0.3) is 0 Å². The van der Waals surface area contributed by atoms with Crippen LogP contribution in [0.2, 0.25) is 0 Å². The minimum Gasteiger partial charge on any atom is -0.491 e. The predicted molar refractivity (Wildman–Crippen MR) is 88.6 cm³/mol. The van der Waals surface area contributed by atoms with Crippen LogP contribution in [-0.2, 0) is 6.54 Å². The average molecular weight is 293 g/mol. The third-order valence-electron chi connectivity index (χ3n) is 4.05. The van der Waals surface area contributed by atoms with Crippen LogP contribution in [0.1, 0.15) is 45.1 Å². The van der Waals surface area contributed by atoms with E-state index in [1.54, 1.807) is 0 Å². The molecule has 0 radical (unpaired) electrons. The maximum Gasteiger partial charge on any atom is 0.124 e. The van der Waals surface area contributed by atoms with Crippen LogP contribution in [0.3, 0.4) is 0 Å². The molecule has 0 amide bonds. The van der Waals surface area contributed by atoms with Crippen molar-refractivity contribution >= 4 is 11.8 Å². The van der Waals surface area contributed by atoms with Gasteiger partial charge in [0.1, 0.15) is 5.75 Å². The van der Waals surface area contributed by atoms with E-state index in [1.165, 1.54) is 31.2 Å². The van der Waals surface area contributed by atoms with E-state index in [2.05, 4.69) is 43.6 Å². The topological polar surface area (TPSA) is 21.3 Å². The summed E-state index contributed by atoms with van der Waals surface area (Å²) in [6.07, 6.45) is 7.95. The van der Waals surface area contributed by atoms with Gasteiger partial charge >= 0.3 is 0 Å². The van der Waals surface area contributed by atoms with Gasteiger partial charge < -0.3 is 10.1 Å². The second-order valence-corrected chi connectivity index (χ2v) is 7.25. The Bertz CT molecular complexity index is 413. The molecule has 1 aromatic carbocycles. The average Bonchev–Trinajstić information content (AvgIpc) is 2.89. The van der Waals surface area contributed by atoms with Crippen molar-refractivity contribution in [1.82, 2.24) is 5.32 Å². The molecule has 0 aliphatic heterocycles. The molecule has 0 unspecified atom stereocenters. The summed E-state index contributed by atoms with van der Waals surface area (Å²) in [7, 11) is 0. The Labute approximate surface area is 127 Å². The molecule has 0 heterocycles. The first-order valence-corrected chi connectivity index (χ1v) is 8.88. The van der Waals surface area contributed by atoms with Crippen LogP contribution in [0.4, 0.5) is 0 Å². The number of rotatable bonds is 7. The summed E-state index contributed by atoms with van der Waals surface area (Å²) < 4.78 is 6.34. The molecule has 1 saturated carbocycles. The first kappa shape index (κ1) is 15.7. The molecular weight excluding hydrogens is 266 g/mol. The van der Waals surface area contributed by atoms with Gasteiger partial charge in [-0.05, 0) is 39.0 Å². The van der Waals surface area contributed by atoms with Crippen LogP contribution in [0, 0.1) is 0 Å². The van der Waals surface area contributed by atoms with E-state index in [0.717, 1.165) is 18.8 Å². The smallest absolute Gasteiger partial charge is 0.124 e. The van der Waals surface area contributed by atoms with Crippen molar-refractivity contribution in [3.8, 4) is 5.75 Å². The second-order valence-electron chi connectivity index (χ2n) is 5.97. The van der Waals surface area contributed by atoms with Gasteiger partial charge in [-0.25, -0.2) is 0 Å². The van der Waals surface area contributed by atoms with Crippen molar-refractivity contribution in [2.45, 2.75) is 56.9 Å². The van der Waals surface area contributed by atoms with Gasteiger partial charge in [0.05, 0.1) is 6.10 Å². The third-order valence-corrected chi connectivity index (χ3v) is 5.46. The molecule has 0 saturated heterocycles. The lowest BCUT2D eigenvalue weighted by Crippen LogP contribution is -2.34. The number of benzene rings is 1. The Morgan fingerprint density at radius 1 is 1.25 bits per heavy atom. The summed E-state index contributed by atoms with van der Waals surface area (Å²) in [5.41, 5.74) is 1.26. The van der Waals surface area contributed by atoms with E-state index in [9.17, 15) is 0 Å². The Morgan fingerprint density at radius 3 is 2.60 bits per heavy atom. The molecule has 0 aromatic heterocycles.